The first-order chi connectivity index (χ1) is 16.8. The van der Waals surface area contributed by atoms with Crippen molar-refractivity contribution < 1.29 is 23.8 Å². The summed E-state index contributed by atoms with van der Waals surface area (Å²) in [5.41, 5.74) is 3.02. The molecular weight excluding hydrogens is 450 g/mol. The van der Waals surface area contributed by atoms with E-state index in [0.717, 1.165) is 16.7 Å². The molecule has 1 aliphatic rings. The monoisotopic (exact) mass is 481 g/mol. The minimum atomic E-state index is -0.402. The van der Waals surface area contributed by atoms with Gasteiger partial charge in [-0.25, -0.2) is 0 Å². The van der Waals surface area contributed by atoms with E-state index in [2.05, 4.69) is 22.5 Å². The van der Waals surface area contributed by atoms with E-state index in [1.54, 1.807) is 32.4 Å². The molecule has 35 heavy (non-hydrogen) atoms. The van der Waals surface area contributed by atoms with E-state index in [0.29, 0.717) is 42.2 Å². The van der Waals surface area contributed by atoms with Crippen molar-refractivity contribution in [3.05, 3.63) is 58.3 Å². The lowest BCUT2D eigenvalue weighted by Crippen LogP contribution is -2.30. The second kappa shape index (κ2) is 11.4. The topological polar surface area (TPSA) is 115 Å². The molecule has 0 heterocycles. The highest BCUT2D eigenvalue weighted by molar-refractivity contribution is 5.84. The van der Waals surface area contributed by atoms with Gasteiger partial charge in [-0.2, -0.15) is 0 Å². The third kappa shape index (κ3) is 5.56. The summed E-state index contributed by atoms with van der Waals surface area (Å²) in [4.78, 5) is 37.2. The Balaban J connectivity index is 2.21. The van der Waals surface area contributed by atoms with Crippen molar-refractivity contribution in [3.63, 3.8) is 0 Å². The number of methoxy groups -OCH3 is 3. The molecule has 0 aliphatic heterocycles. The molecule has 9 heteroatoms. The van der Waals surface area contributed by atoms with Gasteiger partial charge in [0.2, 0.25) is 23.0 Å². The Morgan fingerprint density at radius 2 is 1.86 bits per heavy atom. The van der Waals surface area contributed by atoms with Gasteiger partial charge in [-0.3, -0.25) is 14.4 Å². The van der Waals surface area contributed by atoms with Crippen LogP contribution in [0.5, 0.6) is 17.2 Å². The van der Waals surface area contributed by atoms with Gasteiger partial charge in [0.1, 0.15) is 0 Å². The van der Waals surface area contributed by atoms with Crippen LogP contribution in [0.4, 0.5) is 5.69 Å². The van der Waals surface area contributed by atoms with Crippen LogP contribution in [0.25, 0.3) is 11.1 Å². The number of hydrogen-bond acceptors (Lipinski definition) is 7. The number of benzene rings is 1. The molecule has 186 valence electrons. The van der Waals surface area contributed by atoms with Crippen LogP contribution in [0.15, 0.2) is 41.7 Å². The van der Waals surface area contributed by atoms with E-state index in [9.17, 15) is 14.4 Å². The number of hydrogen-bond donors (Lipinski definition) is 3. The third-order valence-corrected chi connectivity index (χ3v) is 5.80. The zero-order chi connectivity index (χ0) is 25.5. The fraction of sp³-hybridized carbons (Fsp3) is 0.346. The van der Waals surface area contributed by atoms with Gasteiger partial charge in [-0.1, -0.05) is 12.1 Å². The molecule has 0 spiro atoms. The predicted octanol–water partition coefficient (Wildman–Crippen LogP) is 2.58. The summed E-state index contributed by atoms with van der Waals surface area (Å²) in [5.74, 6) is 0.968. The van der Waals surface area contributed by atoms with Gasteiger partial charge in [0, 0.05) is 19.0 Å². The maximum absolute atomic E-state index is 13.2. The quantitative estimate of drug-likeness (QED) is 0.472. The van der Waals surface area contributed by atoms with Crippen molar-refractivity contribution in [1.29, 1.82) is 0 Å². The van der Waals surface area contributed by atoms with E-state index in [4.69, 9.17) is 14.2 Å². The van der Waals surface area contributed by atoms with Gasteiger partial charge in [0.25, 0.3) is 0 Å². The number of carbonyl (C=O) groups excluding carboxylic acids is 2. The normalized spacial score (nSPS) is 13.9. The first-order valence-electron chi connectivity index (χ1n) is 11.2. The molecule has 1 aliphatic carbocycles. The second-order valence-corrected chi connectivity index (χ2v) is 8.04. The number of nitrogens with one attached hydrogen (secondary N) is 3. The SMILES string of the molecule is C=CCNC(=O)CNc1ccc2c(cc1=O)[C@H](NC(C)=O)CCc1cc(OC)c(OC)c(OC)c1-2. The summed E-state index contributed by atoms with van der Waals surface area (Å²) in [6, 6.07) is 6.43. The molecule has 2 amide bonds. The Kier molecular flexibility index (Phi) is 8.35. The first-order valence-corrected chi connectivity index (χ1v) is 11.2. The smallest absolute Gasteiger partial charge is 0.239 e. The van der Waals surface area contributed by atoms with Crippen molar-refractivity contribution in [2.24, 2.45) is 0 Å². The summed E-state index contributed by atoms with van der Waals surface area (Å²) in [7, 11) is 4.64. The number of ether oxygens (including phenoxy) is 3. The lowest BCUT2D eigenvalue weighted by atomic mass is 9.95. The number of carbonyl (C=O) groups is 2. The minimum absolute atomic E-state index is 0.0716. The number of amides is 2. The van der Waals surface area contributed by atoms with E-state index >= 15 is 0 Å². The molecule has 0 aromatic heterocycles. The Morgan fingerprint density at radius 3 is 2.49 bits per heavy atom. The molecular formula is C26H31N3O6. The van der Waals surface area contributed by atoms with Crippen molar-refractivity contribution >= 4 is 17.5 Å². The van der Waals surface area contributed by atoms with E-state index in [-0.39, 0.29) is 29.5 Å². The average Bonchev–Trinajstić information content (AvgIpc) is 3.08. The maximum atomic E-state index is 13.2. The molecule has 0 bridgehead atoms. The number of fused-ring (bicyclic) bond motifs is 3. The molecule has 0 saturated heterocycles. The molecule has 0 radical (unpaired) electrons. The van der Waals surface area contributed by atoms with Crippen LogP contribution in [-0.4, -0.2) is 46.2 Å². The highest BCUT2D eigenvalue weighted by Gasteiger charge is 2.29. The van der Waals surface area contributed by atoms with Crippen LogP contribution in [0.1, 0.15) is 30.5 Å². The van der Waals surface area contributed by atoms with Crippen LogP contribution < -0.4 is 35.6 Å². The zero-order valence-electron chi connectivity index (χ0n) is 20.4. The minimum Gasteiger partial charge on any atom is -0.493 e. The Bertz CT molecular complexity index is 1190. The zero-order valence-corrected chi connectivity index (χ0v) is 20.4. The van der Waals surface area contributed by atoms with E-state index < -0.39 is 6.04 Å². The Morgan fingerprint density at radius 1 is 1.11 bits per heavy atom. The van der Waals surface area contributed by atoms with Crippen molar-refractivity contribution in [1.82, 2.24) is 10.6 Å². The van der Waals surface area contributed by atoms with Crippen LogP contribution in [-0.2, 0) is 16.0 Å². The Hall–Kier alpha value is -4.01. The molecule has 1 atom stereocenters. The van der Waals surface area contributed by atoms with Gasteiger partial charge in [-0.05, 0) is 47.7 Å². The standard InChI is InChI=1S/C26H31N3O6/c1-6-11-27-23(32)14-28-20-10-8-17-18(13-21(20)31)19(29-15(2)30)9-7-16-12-22(33-3)25(34-4)26(35-5)24(16)17/h6,8,10,12-13,19H,1,7,9,11,14H2,2-5H3,(H,27,32)(H,28,31)(H,29,30)/t19-/m1/s1. The third-order valence-electron chi connectivity index (χ3n) is 5.80. The first kappa shape index (κ1) is 25.6. The Labute approximate surface area is 204 Å². The summed E-state index contributed by atoms with van der Waals surface area (Å²) >= 11 is 0. The highest BCUT2D eigenvalue weighted by Crippen LogP contribution is 2.50. The molecule has 3 rings (SSSR count). The number of aryl methyl sites for hydroxylation is 1. The van der Waals surface area contributed by atoms with Crippen molar-refractivity contribution in [2.45, 2.75) is 25.8 Å². The fourth-order valence-electron chi connectivity index (χ4n) is 4.28. The molecule has 0 fully saturated rings. The van der Waals surface area contributed by atoms with E-state index in [1.165, 1.54) is 20.1 Å². The van der Waals surface area contributed by atoms with Crippen LogP contribution in [0.3, 0.4) is 0 Å². The van der Waals surface area contributed by atoms with Gasteiger partial charge in [-0.15, -0.1) is 6.58 Å². The maximum Gasteiger partial charge on any atom is 0.239 e. The molecule has 2 aromatic carbocycles. The van der Waals surface area contributed by atoms with Gasteiger partial charge < -0.3 is 30.2 Å². The largest absolute Gasteiger partial charge is 0.493 e. The van der Waals surface area contributed by atoms with Gasteiger partial charge in [0.05, 0.1) is 39.6 Å². The molecule has 2 aromatic rings. The summed E-state index contributed by atoms with van der Waals surface area (Å²) in [6.07, 6.45) is 2.75. The lowest BCUT2D eigenvalue weighted by Gasteiger charge is -2.19. The fourth-order valence-corrected chi connectivity index (χ4v) is 4.28. The average molecular weight is 482 g/mol. The summed E-state index contributed by atoms with van der Waals surface area (Å²) < 4.78 is 16.9. The van der Waals surface area contributed by atoms with Crippen molar-refractivity contribution in [3.8, 4) is 28.4 Å². The molecule has 9 nitrogen and oxygen atoms in total. The predicted molar refractivity (Wildman–Crippen MR) is 134 cm³/mol. The lowest BCUT2D eigenvalue weighted by molar-refractivity contribution is -0.120. The van der Waals surface area contributed by atoms with Gasteiger partial charge in [0.15, 0.2) is 11.5 Å². The van der Waals surface area contributed by atoms with Crippen molar-refractivity contribution in [2.75, 3.05) is 39.7 Å². The summed E-state index contributed by atoms with van der Waals surface area (Å²) in [6.45, 7) is 5.27. The van der Waals surface area contributed by atoms with Crippen LogP contribution in [0.2, 0.25) is 0 Å². The van der Waals surface area contributed by atoms with Crippen LogP contribution >= 0.6 is 0 Å². The molecule has 3 N–H and O–H groups in total. The second-order valence-electron chi connectivity index (χ2n) is 8.04. The summed E-state index contributed by atoms with van der Waals surface area (Å²) in [5, 5.41) is 8.54. The number of rotatable bonds is 9. The molecule has 0 saturated carbocycles. The van der Waals surface area contributed by atoms with Gasteiger partial charge >= 0.3 is 0 Å². The molecule has 0 unspecified atom stereocenters. The van der Waals surface area contributed by atoms with E-state index in [1.807, 2.05) is 6.07 Å². The number of anilines is 1. The highest BCUT2D eigenvalue weighted by atomic mass is 16.5. The van der Waals surface area contributed by atoms with Crippen LogP contribution in [0, 0.1) is 0 Å².